The quantitative estimate of drug-likeness (QED) is 0.868. The van der Waals surface area contributed by atoms with Crippen molar-refractivity contribution in [2.75, 3.05) is 12.4 Å². The molecule has 0 radical (unpaired) electrons. The van der Waals surface area contributed by atoms with E-state index in [1.54, 1.807) is 24.3 Å². The average Bonchev–Trinajstić information content (AvgIpc) is 2.32. The third-order valence-corrected chi connectivity index (χ3v) is 2.81. The van der Waals surface area contributed by atoms with Gasteiger partial charge in [0.15, 0.2) is 0 Å². The Morgan fingerprint density at radius 2 is 2.12 bits per heavy atom. The number of methoxy groups -OCH3 is 1. The topological polar surface area (TPSA) is 68.8 Å². The number of allylic oxidation sites excluding steroid dienone is 1. The summed E-state index contributed by atoms with van der Waals surface area (Å²) in [6.07, 6.45) is 1.31. The van der Waals surface area contributed by atoms with Gasteiger partial charge in [-0.25, -0.2) is 0 Å². The third-order valence-electron chi connectivity index (χ3n) is 1.85. The maximum Gasteiger partial charge on any atom is 0.145 e. The molecule has 0 heterocycles. The SMILES string of the molecule is COc1cc(NC=C(C#N)C#N)c(Br)cc1Cl. The molecule has 0 aromatic heterocycles. The molecule has 0 unspecified atom stereocenters. The predicted octanol–water partition coefficient (Wildman–Crippen LogP) is 3.45. The molecule has 1 aromatic carbocycles. The highest BCUT2D eigenvalue weighted by molar-refractivity contribution is 9.10. The fourth-order valence-electron chi connectivity index (χ4n) is 1.04. The summed E-state index contributed by atoms with van der Waals surface area (Å²) >= 11 is 9.22. The van der Waals surface area contributed by atoms with E-state index < -0.39 is 0 Å². The molecule has 0 amide bonds. The maximum atomic E-state index is 8.58. The van der Waals surface area contributed by atoms with E-state index in [0.717, 1.165) is 0 Å². The first-order chi connectivity index (χ1) is 8.12. The lowest BCUT2D eigenvalue weighted by Gasteiger charge is -2.08. The minimum Gasteiger partial charge on any atom is -0.495 e. The second-order valence-corrected chi connectivity index (χ2v) is 4.15. The predicted molar refractivity (Wildman–Crippen MR) is 68.6 cm³/mol. The van der Waals surface area contributed by atoms with Crippen LogP contribution < -0.4 is 10.1 Å². The summed E-state index contributed by atoms with van der Waals surface area (Å²) in [5, 5.41) is 20.5. The molecule has 6 heteroatoms. The Morgan fingerprint density at radius 1 is 1.47 bits per heavy atom. The van der Waals surface area contributed by atoms with Crippen LogP contribution >= 0.6 is 27.5 Å². The maximum absolute atomic E-state index is 8.58. The zero-order valence-electron chi connectivity index (χ0n) is 8.79. The van der Waals surface area contributed by atoms with E-state index in [1.165, 1.54) is 13.3 Å². The largest absolute Gasteiger partial charge is 0.495 e. The first kappa shape index (κ1) is 13.4. The number of hydrogen-bond donors (Lipinski definition) is 1. The van der Waals surface area contributed by atoms with Crippen LogP contribution in [0.3, 0.4) is 0 Å². The van der Waals surface area contributed by atoms with Crippen molar-refractivity contribution in [2.24, 2.45) is 0 Å². The van der Waals surface area contributed by atoms with Gasteiger partial charge in [-0.15, -0.1) is 0 Å². The van der Waals surface area contributed by atoms with Crippen molar-refractivity contribution >= 4 is 33.2 Å². The average molecular weight is 313 g/mol. The van der Waals surface area contributed by atoms with Crippen molar-refractivity contribution in [1.29, 1.82) is 10.5 Å². The molecule has 0 saturated heterocycles. The van der Waals surface area contributed by atoms with Crippen molar-refractivity contribution in [3.8, 4) is 17.9 Å². The number of rotatable bonds is 3. The van der Waals surface area contributed by atoms with Gasteiger partial charge in [-0.3, -0.25) is 0 Å². The van der Waals surface area contributed by atoms with Crippen LogP contribution in [0.2, 0.25) is 5.02 Å². The molecule has 0 saturated carbocycles. The van der Waals surface area contributed by atoms with Crippen molar-refractivity contribution in [1.82, 2.24) is 0 Å². The Balaban J connectivity index is 3.05. The molecule has 0 fully saturated rings. The lowest BCUT2D eigenvalue weighted by atomic mass is 10.3. The molecule has 1 aromatic rings. The second-order valence-electron chi connectivity index (χ2n) is 2.89. The van der Waals surface area contributed by atoms with Gasteiger partial charge in [0.05, 0.1) is 17.8 Å². The van der Waals surface area contributed by atoms with Gasteiger partial charge in [-0.2, -0.15) is 10.5 Å². The van der Waals surface area contributed by atoms with E-state index >= 15 is 0 Å². The van der Waals surface area contributed by atoms with Gasteiger partial charge in [0, 0.05) is 16.7 Å². The van der Waals surface area contributed by atoms with Crippen LogP contribution in [0.1, 0.15) is 0 Å². The lowest BCUT2D eigenvalue weighted by Crippen LogP contribution is -1.93. The van der Waals surface area contributed by atoms with Gasteiger partial charge in [0.1, 0.15) is 23.5 Å². The molecule has 86 valence electrons. The normalized spacial score (nSPS) is 8.76. The monoisotopic (exact) mass is 311 g/mol. The van der Waals surface area contributed by atoms with Gasteiger partial charge in [-0.05, 0) is 22.0 Å². The highest BCUT2D eigenvalue weighted by atomic mass is 79.9. The van der Waals surface area contributed by atoms with Gasteiger partial charge < -0.3 is 10.1 Å². The van der Waals surface area contributed by atoms with Crippen LogP contribution in [-0.2, 0) is 0 Å². The molecule has 0 spiro atoms. The summed E-state index contributed by atoms with van der Waals surface area (Å²) in [5.41, 5.74) is 0.625. The zero-order chi connectivity index (χ0) is 12.8. The minimum atomic E-state index is -0.0224. The van der Waals surface area contributed by atoms with Crippen LogP contribution in [-0.4, -0.2) is 7.11 Å². The van der Waals surface area contributed by atoms with Gasteiger partial charge in [0.2, 0.25) is 0 Å². The number of anilines is 1. The number of nitrogens with zero attached hydrogens (tertiary/aromatic N) is 2. The van der Waals surface area contributed by atoms with E-state index in [2.05, 4.69) is 21.2 Å². The Hall–Kier alpha value is -1.69. The summed E-state index contributed by atoms with van der Waals surface area (Å²) in [4.78, 5) is 0. The van der Waals surface area contributed by atoms with Crippen LogP contribution in [0.15, 0.2) is 28.4 Å². The Kier molecular flexibility index (Phi) is 4.84. The van der Waals surface area contributed by atoms with E-state index in [9.17, 15) is 0 Å². The number of nitrogens with one attached hydrogen (secondary N) is 1. The first-order valence-electron chi connectivity index (χ1n) is 4.42. The van der Waals surface area contributed by atoms with Crippen molar-refractivity contribution < 1.29 is 4.74 Å². The van der Waals surface area contributed by atoms with Crippen molar-refractivity contribution in [2.45, 2.75) is 0 Å². The van der Waals surface area contributed by atoms with Gasteiger partial charge in [0.25, 0.3) is 0 Å². The third kappa shape index (κ3) is 3.39. The molecule has 0 aliphatic rings. The highest BCUT2D eigenvalue weighted by Gasteiger charge is 2.06. The van der Waals surface area contributed by atoms with Crippen LogP contribution in [0.25, 0.3) is 0 Å². The molecule has 0 aliphatic carbocycles. The number of halogens is 2. The molecular weight excluding hydrogens is 305 g/mol. The first-order valence-corrected chi connectivity index (χ1v) is 5.59. The zero-order valence-corrected chi connectivity index (χ0v) is 11.1. The Bertz CT molecular complexity index is 527. The van der Waals surface area contributed by atoms with E-state index in [0.29, 0.717) is 20.9 Å². The number of hydrogen-bond acceptors (Lipinski definition) is 4. The molecule has 0 bridgehead atoms. The van der Waals surface area contributed by atoms with E-state index in [1.807, 2.05) is 0 Å². The summed E-state index contributed by atoms with van der Waals surface area (Å²) in [5.74, 6) is 0.501. The summed E-state index contributed by atoms with van der Waals surface area (Å²) < 4.78 is 5.76. The fourth-order valence-corrected chi connectivity index (χ4v) is 1.87. The minimum absolute atomic E-state index is 0.0224. The van der Waals surface area contributed by atoms with Crippen molar-refractivity contribution in [3.63, 3.8) is 0 Å². The van der Waals surface area contributed by atoms with Crippen LogP contribution in [0, 0.1) is 22.7 Å². The van der Waals surface area contributed by atoms with Crippen LogP contribution in [0.5, 0.6) is 5.75 Å². The lowest BCUT2D eigenvalue weighted by molar-refractivity contribution is 0.415. The number of benzene rings is 1. The molecule has 0 aliphatic heterocycles. The molecule has 4 nitrogen and oxygen atoms in total. The van der Waals surface area contributed by atoms with Gasteiger partial charge >= 0.3 is 0 Å². The summed E-state index contributed by atoms with van der Waals surface area (Å²) in [6, 6.07) is 6.82. The van der Waals surface area contributed by atoms with Crippen LogP contribution in [0.4, 0.5) is 5.69 Å². The highest BCUT2D eigenvalue weighted by Crippen LogP contribution is 2.34. The smallest absolute Gasteiger partial charge is 0.145 e. The summed E-state index contributed by atoms with van der Waals surface area (Å²) in [6.45, 7) is 0. The summed E-state index contributed by atoms with van der Waals surface area (Å²) in [7, 11) is 1.50. The van der Waals surface area contributed by atoms with Gasteiger partial charge in [-0.1, -0.05) is 11.6 Å². The number of ether oxygens (including phenoxy) is 1. The molecule has 17 heavy (non-hydrogen) atoms. The Labute approximate surface area is 112 Å². The fraction of sp³-hybridized carbons (Fsp3) is 0.0909. The standard InChI is InChI=1S/C11H7BrClN3O/c1-17-11-3-10(8(12)2-9(11)13)16-6-7(4-14)5-15/h2-3,6,16H,1H3. The second kappa shape index (κ2) is 6.15. The molecule has 1 N–H and O–H groups in total. The number of nitriles is 2. The molecular formula is C11H7BrClN3O. The molecule has 1 rings (SSSR count). The van der Waals surface area contributed by atoms with Crippen molar-refractivity contribution in [3.05, 3.63) is 33.4 Å². The van der Waals surface area contributed by atoms with E-state index in [-0.39, 0.29) is 5.57 Å². The van der Waals surface area contributed by atoms with E-state index in [4.69, 9.17) is 26.9 Å². The Morgan fingerprint density at radius 3 is 2.65 bits per heavy atom. The molecule has 0 atom stereocenters.